The van der Waals surface area contributed by atoms with E-state index in [0.717, 1.165) is 0 Å². The van der Waals surface area contributed by atoms with Crippen LogP contribution in [-0.4, -0.2) is 17.0 Å². The number of hydrogen-bond acceptors (Lipinski definition) is 1. The number of carbonyl (C=O) groups is 1. The van der Waals surface area contributed by atoms with Crippen LogP contribution in [0.1, 0.15) is 39.5 Å². The predicted molar refractivity (Wildman–Crippen MR) is 48.3 cm³/mol. The van der Waals surface area contributed by atoms with E-state index < -0.39 is 17.3 Å². The number of rotatable bonds is 2. The maximum atomic E-state index is 12.9. The van der Waals surface area contributed by atoms with Gasteiger partial charge < -0.3 is 5.11 Å². The zero-order valence-electron chi connectivity index (χ0n) is 8.52. The lowest BCUT2D eigenvalue weighted by Crippen LogP contribution is -2.42. The summed E-state index contributed by atoms with van der Waals surface area (Å²) >= 11 is 0. The Hall–Kier alpha value is -0.670. The third-order valence-corrected chi connectivity index (χ3v) is 3.40. The van der Waals surface area contributed by atoms with Gasteiger partial charge in [0.25, 0.3) is 0 Å². The summed E-state index contributed by atoms with van der Waals surface area (Å²) in [5.74, 6) is -3.67. The maximum absolute atomic E-state index is 12.9. The molecule has 0 aromatic carbocycles. The summed E-state index contributed by atoms with van der Waals surface area (Å²) in [5.41, 5.74) is -0.929. The average molecular weight is 206 g/mol. The van der Waals surface area contributed by atoms with Crippen molar-refractivity contribution in [2.24, 2.45) is 11.3 Å². The Balaban J connectivity index is 2.80. The molecule has 1 rings (SSSR count). The van der Waals surface area contributed by atoms with E-state index in [1.807, 2.05) is 0 Å². The Bertz CT molecular complexity index is 226. The molecule has 0 spiro atoms. The molecule has 82 valence electrons. The van der Waals surface area contributed by atoms with Gasteiger partial charge in [0.05, 0.1) is 5.41 Å². The Labute approximate surface area is 82.3 Å². The fourth-order valence-corrected chi connectivity index (χ4v) is 2.10. The Morgan fingerprint density at radius 1 is 1.21 bits per heavy atom. The van der Waals surface area contributed by atoms with E-state index in [0.29, 0.717) is 0 Å². The number of alkyl halides is 2. The zero-order chi connectivity index (χ0) is 11.0. The van der Waals surface area contributed by atoms with E-state index in [1.54, 1.807) is 13.8 Å². The number of halogens is 2. The molecule has 0 aromatic heterocycles. The molecule has 0 unspecified atom stereocenters. The van der Waals surface area contributed by atoms with Crippen molar-refractivity contribution in [2.45, 2.75) is 45.5 Å². The summed E-state index contributed by atoms with van der Waals surface area (Å²) in [7, 11) is 0. The summed E-state index contributed by atoms with van der Waals surface area (Å²) in [4.78, 5) is 11.1. The molecular weight excluding hydrogens is 190 g/mol. The van der Waals surface area contributed by atoms with Gasteiger partial charge in [0.15, 0.2) is 0 Å². The Morgan fingerprint density at radius 3 is 1.93 bits per heavy atom. The van der Waals surface area contributed by atoms with Crippen LogP contribution in [0.5, 0.6) is 0 Å². The molecule has 1 aliphatic rings. The topological polar surface area (TPSA) is 37.3 Å². The second-order valence-electron chi connectivity index (χ2n) is 4.47. The zero-order valence-corrected chi connectivity index (χ0v) is 8.52. The van der Waals surface area contributed by atoms with Crippen LogP contribution in [0.4, 0.5) is 8.78 Å². The first-order valence-electron chi connectivity index (χ1n) is 4.91. The number of carboxylic acids is 1. The molecule has 0 heterocycles. The van der Waals surface area contributed by atoms with Gasteiger partial charge in [-0.15, -0.1) is 0 Å². The van der Waals surface area contributed by atoms with Gasteiger partial charge in [0.1, 0.15) is 0 Å². The van der Waals surface area contributed by atoms with E-state index in [9.17, 15) is 13.6 Å². The minimum Gasteiger partial charge on any atom is -0.481 e. The standard InChI is InChI=1S/C10H16F2O2/c1-7(2)9(8(13)14)3-5-10(11,12)6-4-9/h7H,3-6H2,1-2H3,(H,13,14). The maximum Gasteiger partial charge on any atom is 0.309 e. The highest BCUT2D eigenvalue weighted by atomic mass is 19.3. The lowest BCUT2D eigenvalue weighted by atomic mass is 9.66. The van der Waals surface area contributed by atoms with Crippen LogP contribution in [0.2, 0.25) is 0 Å². The molecule has 1 N–H and O–H groups in total. The van der Waals surface area contributed by atoms with Crippen molar-refractivity contribution < 1.29 is 18.7 Å². The monoisotopic (exact) mass is 206 g/mol. The van der Waals surface area contributed by atoms with Crippen molar-refractivity contribution in [1.82, 2.24) is 0 Å². The molecule has 0 bridgehead atoms. The van der Waals surface area contributed by atoms with E-state index in [-0.39, 0.29) is 31.6 Å². The van der Waals surface area contributed by atoms with Crippen LogP contribution < -0.4 is 0 Å². The highest BCUT2D eigenvalue weighted by Crippen LogP contribution is 2.47. The van der Waals surface area contributed by atoms with Crippen molar-refractivity contribution in [3.05, 3.63) is 0 Å². The van der Waals surface area contributed by atoms with Gasteiger partial charge in [-0.25, -0.2) is 8.78 Å². The molecule has 0 amide bonds. The van der Waals surface area contributed by atoms with Gasteiger partial charge in [-0.1, -0.05) is 13.8 Å². The molecule has 1 saturated carbocycles. The van der Waals surface area contributed by atoms with Crippen LogP contribution in [0.3, 0.4) is 0 Å². The smallest absolute Gasteiger partial charge is 0.309 e. The Morgan fingerprint density at radius 2 is 1.64 bits per heavy atom. The van der Waals surface area contributed by atoms with E-state index in [1.165, 1.54) is 0 Å². The second kappa shape index (κ2) is 3.48. The molecule has 2 nitrogen and oxygen atoms in total. The predicted octanol–water partition coefficient (Wildman–Crippen LogP) is 2.92. The summed E-state index contributed by atoms with van der Waals surface area (Å²) < 4.78 is 25.8. The highest BCUT2D eigenvalue weighted by Gasteiger charge is 2.49. The van der Waals surface area contributed by atoms with Crippen LogP contribution in [0.15, 0.2) is 0 Å². The summed E-state index contributed by atoms with van der Waals surface area (Å²) in [6.07, 6.45) is -0.408. The van der Waals surface area contributed by atoms with Crippen LogP contribution in [-0.2, 0) is 4.79 Å². The lowest BCUT2D eigenvalue weighted by molar-refractivity contribution is -0.161. The lowest BCUT2D eigenvalue weighted by Gasteiger charge is -2.39. The largest absolute Gasteiger partial charge is 0.481 e. The normalized spacial score (nSPS) is 24.9. The number of carboxylic acid groups (broad SMARTS) is 1. The molecule has 0 aliphatic heterocycles. The van der Waals surface area contributed by atoms with Gasteiger partial charge in [-0.05, 0) is 18.8 Å². The molecule has 14 heavy (non-hydrogen) atoms. The van der Waals surface area contributed by atoms with Gasteiger partial charge in [-0.3, -0.25) is 4.79 Å². The highest BCUT2D eigenvalue weighted by molar-refractivity contribution is 5.75. The van der Waals surface area contributed by atoms with E-state index in [4.69, 9.17) is 5.11 Å². The van der Waals surface area contributed by atoms with Crippen molar-refractivity contribution in [1.29, 1.82) is 0 Å². The molecule has 0 radical (unpaired) electrons. The van der Waals surface area contributed by atoms with Crippen molar-refractivity contribution in [3.8, 4) is 0 Å². The Kier molecular flexibility index (Phi) is 2.83. The molecule has 0 atom stereocenters. The summed E-state index contributed by atoms with van der Waals surface area (Å²) in [5, 5.41) is 9.08. The molecule has 1 fully saturated rings. The minimum absolute atomic E-state index is 0.0869. The average Bonchev–Trinajstić information content (AvgIpc) is 2.03. The first kappa shape index (κ1) is 11.4. The van der Waals surface area contributed by atoms with Gasteiger partial charge >= 0.3 is 5.97 Å². The van der Waals surface area contributed by atoms with Gasteiger partial charge in [-0.2, -0.15) is 0 Å². The van der Waals surface area contributed by atoms with Crippen molar-refractivity contribution >= 4 is 5.97 Å². The molecule has 4 heteroatoms. The molecular formula is C10H16F2O2. The first-order chi connectivity index (χ1) is 6.30. The summed E-state index contributed by atoms with van der Waals surface area (Å²) in [6.45, 7) is 3.58. The number of hydrogen-bond donors (Lipinski definition) is 1. The van der Waals surface area contributed by atoms with Crippen molar-refractivity contribution in [2.75, 3.05) is 0 Å². The third-order valence-electron chi connectivity index (χ3n) is 3.40. The quantitative estimate of drug-likeness (QED) is 0.754. The first-order valence-corrected chi connectivity index (χ1v) is 4.91. The van der Waals surface area contributed by atoms with Crippen molar-refractivity contribution in [3.63, 3.8) is 0 Å². The molecule has 0 aromatic rings. The van der Waals surface area contributed by atoms with Crippen LogP contribution in [0.25, 0.3) is 0 Å². The van der Waals surface area contributed by atoms with Crippen LogP contribution >= 0.6 is 0 Å². The molecule has 1 aliphatic carbocycles. The number of aliphatic carboxylic acids is 1. The fourth-order valence-electron chi connectivity index (χ4n) is 2.10. The minimum atomic E-state index is -2.66. The van der Waals surface area contributed by atoms with E-state index in [2.05, 4.69) is 0 Å². The summed E-state index contributed by atoms with van der Waals surface area (Å²) in [6, 6.07) is 0. The third kappa shape index (κ3) is 1.88. The van der Waals surface area contributed by atoms with Gasteiger partial charge in [0.2, 0.25) is 5.92 Å². The SMILES string of the molecule is CC(C)C1(C(=O)O)CCC(F)(F)CC1. The van der Waals surface area contributed by atoms with Gasteiger partial charge in [0, 0.05) is 12.8 Å². The fraction of sp³-hybridized carbons (Fsp3) is 0.900. The second-order valence-corrected chi connectivity index (χ2v) is 4.47. The van der Waals surface area contributed by atoms with E-state index >= 15 is 0 Å². The van der Waals surface area contributed by atoms with Crippen LogP contribution in [0, 0.1) is 11.3 Å². The molecule has 0 saturated heterocycles.